The highest BCUT2D eigenvalue weighted by Gasteiger charge is 2.26. The zero-order valence-corrected chi connectivity index (χ0v) is 13.7. The van der Waals surface area contributed by atoms with Gasteiger partial charge in [0.25, 0.3) is 10.4 Å². The zero-order valence-electron chi connectivity index (χ0n) is 12.1. The molecule has 0 aliphatic rings. The fourth-order valence-corrected chi connectivity index (χ4v) is 2.60. The first-order valence-electron chi connectivity index (χ1n) is 6.08. The SMILES string of the molecule is CN(C)C(=O)Sc1nsc(OCc2c(F)c(F)c(F)c(F)c2F)n1. The second kappa shape index (κ2) is 7.30. The van der Waals surface area contributed by atoms with Crippen LogP contribution in [-0.2, 0) is 6.61 Å². The van der Waals surface area contributed by atoms with Crippen LogP contribution < -0.4 is 4.74 Å². The van der Waals surface area contributed by atoms with Gasteiger partial charge in [0.05, 0.1) is 5.56 Å². The summed E-state index contributed by atoms with van der Waals surface area (Å²) in [5, 5.41) is -0.516. The van der Waals surface area contributed by atoms with Crippen molar-refractivity contribution in [2.24, 2.45) is 0 Å². The molecule has 0 aliphatic heterocycles. The molecule has 0 saturated carbocycles. The Bertz CT molecular complexity index is 755. The number of ether oxygens (including phenoxy) is 1. The molecule has 0 atom stereocenters. The molecule has 0 saturated heterocycles. The summed E-state index contributed by atoms with van der Waals surface area (Å²) in [5.41, 5.74) is -1.12. The Kier molecular flexibility index (Phi) is 5.59. The highest BCUT2D eigenvalue weighted by molar-refractivity contribution is 8.13. The zero-order chi connectivity index (χ0) is 18.0. The van der Waals surface area contributed by atoms with Crippen molar-refractivity contribution in [3.05, 3.63) is 34.6 Å². The van der Waals surface area contributed by atoms with Crippen LogP contribution in [0.4, 0.5) is 26.7 Å². The van der Waals surface area contributed by atoms with Crippen molar-refractivity contribution in [1.82, 2.24) is 14.3 Å². The molecule has 130 valence electrons. The standard InChI is InChI=1S/C12H8F5N3O2S2/c1-20(2)12(21)23-10-18-11(24-19-10)22-3-4-5(13)7(15)9(17)8(16)6(4)14/h3H2,1-2H3. The molecule has 1 amide bonds. The molecule has 1 heterocycles. The smallest absolute Gasteiger partial charge is 0.294 e. The van der Waals surface area contributed by atoms with Crippen molar-refractivity contribution in [3.63, 3.8) is 0 Å². The van der Waals surface area contributed by atoms with E-state index in [0.717, 1.165) is 0 Å². The number of amides is 1. The summed E-state index contributed by atoms with van der Waals surface area (Å²) in [6.45, 7) is -0.938. The highest BCUT2D eigenvalue weighted by atomic mass is 32.2. The summed E-state index contributed by atoms with van der Waals surface area (Å²) in [6, 6.07) is 0. The Morgan fingerprint density at radius 2 is 1.62 bits per heavy atom. The third-order valence-electron chi connectivity index (χ3n) is 2.57. The van der Waals surface area contributed by atoms with Gasteiger partial charge in [-0.15, -0.1) is 0 Å². The van der Waals surface area contributed by atoms with Crippen LogP contribution in [0.1, 0.15) is 5.56 Å². The number of thioether (sulfide) groups is 1. The molecule has 24 heavy (non-hydrogen) atoms. The number of benzene rings is 1. The van der Waals surface area contributed by atoms with Gasteiger partial charge in [0, 0.05) is 37.4 Å². The van der Waals surface area contributed by atoms with Gasteiger partial charge in [0.1, 0.15) is 6.61 Å². The lowest BCUT2D eigenvalue weighted by atomic mass is 10.2. The molecule has 0 fully saturated rings. The summed E-state index contributed by atoms with van der Waals surface area (Å²) in [5.74, 6) is -10.3. The second-order valence-corrected chi connectivity index (χ2v) is 6.08. The molecule has 1 aromatic carbocycles. The number of hydrogen-bond donors (Lipinski definition) is 0. The maximum absolute atomic E-state index is 13.5. The lowest BCUT2D eigenvalue weighted by Gasteiger charge is -2.08. The minimum atomic E-state index is -2.24. The highest BCUT2D eigenvalue weighted by Crippen LogP contribution is 2.27. The largest absolute Gasteiger partial charge is 0.464 e. The van der Waals surface area contributed by atoms with Crippen LogP contribution in [0.2, 0.25) is 0 Å². The fourth-order valence-electron chi connectivity index (χ4n) is 1.38. The molecule has 0 bridgehead atoms. The van der Waals surface area contributed by atoms with E-state index in [1.807, 2.05) is 0 Å². The van der Waals surface area contributed by atoms with Crippen LogP contribution in [0.15, 0.2) is 5.16 Å². The number of aromatic nitrogens is 2. The predicted octanol–water partition coefficient (Wildman–Crippen LogP) is 3.59. The van der Waals surface area contributed by atoms with E-state index < -0.39 is 41.3 Å². The summed E-state index contributed by atoms with van der Waals surface area (Å²) in [6.07, 6.45) is 0. The van der Waals surface area contributed by atoms with Gasteiger partial charge in [0.15, 0.2) is 23.3 Å². The molecule has 0 radical (unpaired) electrons. The number of hydrogen-bond acceptors (Lipinski definition) is 6. The van der Waals surface area contributed by atoms with E-state index in [2.05, 4.69) is 9.36 Å². The molecule has 0 N–H and O–H groups in total. The number of carbonyl (C=O) groups is 1. The average Bonchev–Trinajstić information content (AvgIpc) is 2.98. The normalized spacial score (nSPS) is 10.8. The van der Waals surface area contributed by atoms with E-state index >= 15 is 0 Å². The van der Waals surface area contributed by atoms with Crippen LogP contribution in [0.5, 0.6) is 5.19 Å². The molecule has 0 unspecified atom stereocenters. The molecule has 2 rings (SSSR count). The average molecular weight is 385 g/mol. The Hall–Kier alpha value is -1.95. The van der Waals surface area contributed by atoms with Crippen LogP contribution >= 0.6 is 23.3 Å². The number of halogens is 5. The van der Waals surface area contributed by atoms with Crippen molar-refractivity contribution in [3.8, 4) is 5.19 Å². The van der Waals surface area contributed by atoms with E-state index in [9.17, 15) is 26.7 Å². The minimum absolute atomic E-state index is 0.0334. The van der Waals surface area contributed by atoms with Gasteiger partial charge >= 0.3 is 0 Å². The Morgan fingerprint density at radius 3 is 2.17 bits per heavy atom. The molecule has 0 spiro atoms. The second-order valence-electron chi connectivity index (χ2n) is 4.44. The Morgan fingerprint density at radius 1 is 1.08 bits per heavy atom. The van der Waals surface area contributed by atoms with Crippen molar-refractivity contribution >= 4 is 28.5 Å². The Balaban J connectivity index is 2.13. The first-order valence-corrected chi connectivity index (χ1v) is 7.67. The minimum Gasteiger partial charge on any atom is -0.464 e. The maximum atomic E-state index is 13.5. The number of nitrogens with zero attached hydrogens (tertiary/aromatic N) is 3. The van der Waals surface area contributed by atoms with E-state index in [0.29, 0.717) is 23.3 Å². The molecule has 0 aliphatic carbocycles. The van der Waals surface area contributed by atoms with E-state index in [1.54, 1.807) is 0 Å². The number of carbonyl (C=O) groups excluding carboxylic acids is 1. The molecule has 12 heteroatoms. The van der Waals surface area contributed by atoms with Gasteiger partial charge in [-0.05, 0) is 0 Å². The molecule has 1 aromatic heterocycles. The molecular weight excluding hydrogens is 377 g/mol. The summed E-state index contributed by atoms with van der Waals surface area (Å²) in [4.78, 5) is 16.5. The van der Waals surface area contributed by atoms with Crippen molar-refractivity contribution in [2.75, 3.05) is 14.1 Å². The predicted molar refractivity (Wildman–Crippen MR) is 75.4 cm³/mol. The van der Waals surface area contributed by atoms with Crippen LogP contribution in [0, 0.1) is 29.1 Å². The maximum Gasteiger partial charge on any atom is 0.294 e. The summed E-state index contributed by atoms with van der Waals surface area (Å²) < 4.78 is 74.7. The van der Waals surface area contributed by atoms with E-state index in [-0.39, 0.29) is 15.6 Å². The quantitative estimate of drug-likeness (QED) is 0.349. The molecule has 5 nitrogen and oxygen atoms in total. The van der Waals surface area contributed by atoms with Gasteiger partial charge < -0.3 is 9.64 Å². The van der Waals surface area contributed by atoms with Crippen LogP contribution in [-0.4, -0.2) is 33.6 Å². The van der Waals surface area contributed by atoms with Gasteiger partial charge in [-0.2, -0.15) is 9.36 Å². The monoisotopic (exact) mass is 385 g/mol. The third kappa shape index (κ3) is 3.75. The first kappa shape index (κ1) is 18.4. The number of rotatable bonds is 4. The lowest BCUT2D eigenvalue weighted by Crippen LogP contribution is -2.16. The van der Waals surface area contributed by atoms with Crippen LogP contribution in [0.3, 0.4) is 0 Å². The Labute approximate surface area is 140 Å². The van der Waals surface area contributed by atoms with Crippen molar-refractivity contribution < 1.29 is 31.5 Å². The molecule has 2 aromatic rings. The van der Waals surface area contributed by atoms with Crippen molar-refractivity contribution in [1.29, 1.82) is 0 Å². The van der Waals surface area contributed by atoms with Crippen molar-refractivity contribution in [2.45, 2.75) is 11.8 Å². The summed E-state index contributed by atoms with van der Waals surface area (Å²) in [7, 11) is 3.03. The fraction of sp³-hybridized carbons (Fsp3) is 0.250. The van der Waals surface area contributed by atoms with Gasteiger partial charge in [-0.3, -0.25) is 4.79 Å². The van der Waals surface area contributed by atoms with Crippen LogP contribution in [0.25, 0.3) is 0 Å². The molecular formula is C12H8F5N3O2S2. The van der Waals surface area contributed by atoms with Gasteiger partial charge in [-0.25, -0.2) is 22.0 Å². The van der Waals surface area contributed by atoms with E-state index in [1.165, 1.54) is 19.0 Å². The van der Waals surface area contributed by atoms with Gasteiger partial charge in [0.2, 0.25) is 11.0 Å². The summed E-state index contributed by atoms with van der Waals surface area (Å²) >= 11 is 1.35. The lowest BCUT2D eigenvalue weighted by molar-refractivity contribution is 0.241. The topological polar surface area (TPSA) is 55.3 Å². The third-order valence-corrected chi connectivity index (χ3v) is 4.22. The first-order chi connectivity index (χ1) is 11.2. The van der Waals surface area contributed by atoms with E-state index in [4.69, 9.17) is 4.74 Å². The van der Waals surface area contributed by atoms with Gasteiger partial charge in [-0.1, -0.05) is 0 Å².